The third-order valence-electron chi connectivity index (χ3n) is 3.32. The Labute approximate surface area is 121 Å². The molecule has 0 aromatic heterocycles. The number of amides is 1. The number of para-hydroxylation sites is 2. The van der Waals surface area contributed by atoms with Crippen LogP contribution in [-0.2, 0) is 4.79 Å². The normalized spacial score (nSPS) is 16.0. The molecule has 0 saturated carbocycles. The third-order valence-corrected chi connectivity index (χ3v) is 3.32. The van der Waals surface area contributed by atoms with Gasteiger partial charge in [-0.3, -0.25) is 4.79 Å². The summed E-state index contributed by atoms with van der Waals surface area (Å²) in [6, 6.07) is 14.2. The van der Waals surface area contributed by atoms with E-state index in [0.717, 1.165) is 11.3 Å². The number of likely N-dealkylation sites (N-methyl/N-ethyl adjacent to an activating group) is 1. The number of carbonyl (C=O) groups excluding carboxylic acids is 1. The molecule has 1 aliphatic rings. The van der Waals surface area contributed by atoms with Crippen LogP contribution in [0.5, 0.6) is 5.75 Å². The monoisotopic (exact) mass is 279 g/mol. The summed E-state index contributed by atoms with van der Waals surface area (Å²) in [5.41, 5.74) is 2.44. The molecule has 0 bridgehead atoms. The molecule has 0 radical (unpaired) electrons. The Morgan fingerprint density at radius 3 is 2.62 bits per heavy atom. The number of hydrogen-bond donors (Lipinski definition) is 1. The molecule has 0 unspecified atom stereocenters. The maximum absolute atomic E-state index is 12.1. The maximum Gasteiger partial charge on any atom is 0.279 e. The first-order valence-electron chi connectivity index (χ1n) is 6.45. The molecule has 5 nitrogen and oxygen atoms in total. The summed E-state index contributed by atoms with van der Waals surface area (Å²) in [7, 11) is 1.70. The lowest BCUT2D eigenvalue weighted by atomic mass is 10.1. The summed E-state index contributed by atoms with van der Waals surface area (Å²) >= 11 is 0. The van der Waals surface area contributed by atoms with E-state index in [9.17, 15) is 9.90 Å². The predicted octanol–water partition coefficient (Wildman–Crippen LogP) is 2.19. The molecule has 2 aromatic carbocycles. The SMILES string of the molecule is CN1C(=O)C(=NN=Cc2ccccc2O)c2ccccc21. The Bertz CT molecular complexity index is 766. The lowest BCUT2D eigenvalue weighted by Gasteiger charge is -2.07. The molecule has 0 saturated heterocycles. The fraction of sp³-hybridized carbons (Fsp3) is 0.0625. The van der Waals surface area contributed by atoms with Gasteiger partial charge >= 0.3 is 0 Å². The van der Waals surface area contributed by atoms with Crippen molar-refractivity contribution >= 4 is 23.5 Å². The number of carbonyl (C=O) groups is 1. The molecule has 1 amide bonds. The number of phenolic OH excluding ortho intramolecular Hbond substituents is 1. The van der Waals surface area contributed by atoms with Crippen molar-refractivity contribution in [2.75, 3.05) is 11.9 Å². The van der Waals surface area contributed by atoms with Crippen LogP contribution in [-0.4, -0.2) is 30.0 Å². The van der Waals surface area contributed by atoms with Crippen LogP contribution >= 0.6 is 0 Å². The Morgan fingerprint density at radius 2 is 1.81 bits per heavy atom. The number of hydrogen-bond acceptors (Lipinski definition) is 4. The van der Waals surface area contributed by atoms with Crippen molar-refractivity contribution in [3.63, 3.8) is 0 Å². The van der Waals surface area contributed by atoms with Gasteiger partial charge in [0.25, 0.3) is 5.91 Å². The quantitative estimate of drug-likeness (QED) is 0.676. The minimum absolute atomic E-state index is 0.122. The van der Waals surface area contributed by atoms with Crippen molar-refractivity contribution in [2.45, 2.75) is 0 Å². The summed E-state index contributed by atoms with van der Waals surface area (Å²) < 4.78 is 0. The molecular weight excluding hydrogens is 266 g/mol. The van der Waals surface area contributed by atoms with Crippen molar-refractivity contribution in [3.05, 3.63) is 59.7 Å². The molecular formula is C16H13N3O2. The first-order chi connectivity index (χ1) is 10.2. The fourth-order valence-corrected chi connectivity index (χ4v) is 2.19. The van der Waals surface area contributed by atoms with Crippen LogP contribution < -0.4 is 4.90 Å². The Kier molecular flexibility index (Phi) is 3.23. The highest BCUT2D eigenvalue weighted by Crippen LogP contribution is 2.27. The van der Waals surface area contributed by atoms with Gasteiger partial charge in [-0.05, 0) is 18.2 Å². The average Bonchev–Trinajstić information content (AvgIpc) is 2.74. The Hall–Kier alpha value is -2.95. The molecule has 1 N–H and O–H groups in total. The van der Waals surface area contributed by atoms with E-state index in [-0.39, 0.29) is 11.7 Å². The van der Waals surface area contributed by atoms with Crippen molar-refractivity contribution in [1.82, 2.24) is 0 Å². The molecule has 1 heterocycles. The second-order valence-corrected chi connectivity index (χ2v) is 4.63. The molecule has 21 heavy (non-hydrogen) atoms. The second-order valence-electron chi connectivity index (χ2n) is 4.63. The number of fused-ring (bicyclic) bond motifs is 1. The molecule has 104 valence electrons. The summed E-state index contributed by atoms with van der Waals surface area (Å²) in [5.74, 6) is -0.0673. The highest BCUT2D eigenvalue weighted by Gasteiger charge is 2.30. The first kappa shape index (κ1) is 13.1. The van der Waals surface area contributed by atoms with Gasteiger partial charge in [-0.25, -0.2) is 0 Å². The molecule has 5 heteroatoms. The minimum atomic E-state index is -0.189. The van der Waals surface area contributed by atoms with E-state index in [1.54, 1.807) is 36.2 Å². The Balaban J connectivity index is 1.94. The third kappa shape index (κ3) is 2.29. The highest BCUT2D eigenvalue weighted by molar-refractivity contribution is 6.54. The van der Waals surface area contributed by atoms with Crippen LogP contribution in [0.1, 0.15) is 11.1 Å². The van der Waals surface area contributed by atoms with E-state index in [2.05, 4.69) is 10.2 Å². The first-order valence-corrected chi connectivity index (χ1v) is 6.45. The molecule has 2 aromatic rings. The fourth-order valence-electron chi connectivity index (χ4n) is 2.19. The van der Waals surface area contributed by atoms with E-state index >= 15 is 0 Å². The molecule has 0 fully saturated rings. The van der Waals surface area contributed by atoms with E-state index in [0.29, 0.717) is 11.3 Å². The van der Waals surface area contributed by atoms with Crippen LogP contribution in [0.3, 0.4) is 0 Å². The van der Waals surface area contributed by atoms with Crippen LogP contribution in [0, 0.1) is 0 Å². The molecule has 3 rings (SSSR count). The smallest absolute Gasteiger partial charge is 0.279 e. The molecule has 0 aliphatic carbocycles. The van der Waals surface area contributed by atoms with Gasteiger partial charge in [0.05, 0.1) is 11.9 Å². The molecule has 0 spiro atoms. The highest BCUT2D eigenvalue weighted by atomic mass is 16.3. The van der Waals surface area contributed by atoms with Gasteiger partial charge in [0.2, 0.25) is 0 Å². The van der Waals surface area contributed by atoms with Gasteiger partial charge in [0.15, 0.2) is 5.71 Å². The zero-order chi connectivity index (χ0) is 14.8. The number of aromatic hydroxyl groups is 1. The number of phenols is 1. The topological polar surface area (TPSA) is 65.3 Å². The van der Waals surface area contributed by atoms with Crippen molar-refractivity contribution in [2.24, 2.45) is 10.2 Å². The van der Waals surface area contributed by atoms with Gasteiger partial charge < -0.3 is 10.0 Å². The van der Waals surface area contributed by atoms with Crippen LogP contribution in [0.25, 0.3) is 0 Å². The Morgan fingerprint density at radius 1 is 1.10 bits per heavy atom. The lowest BCUT2D eigenvalue weighted by Crippen LogP contribution is -2.25. The number of benzene rings is 2. The second kappa shape index (κ2) is 5.20. The van der Waals surface area contributed by atoms with Crippen molar-refractivity contribution in [3.8, 4) is 5.75 Å². The van der Waals surface area contributed by atoms with Crippen LogP contribution in [0.2, 0.25) is 0 Å². The van der Waals surface area contributed by atoms with Gasteiger partial charge in [-0.2, -0.15) is 5.10 Å². The van der Waals surface area contributed by atoms with Gasteiger partial charge in [0, 0.05) is 18.2 Å². The van der Waals surface area contributed by atoms with E-state index in [4.69, 9.17) is 0 Å². The predicted molar refractivity (Wildman–Crippen MR) is 82.1 cm³/mol. The zero-order valence-electron chi connectivity index (χ0n) is 11.4. The average molecular weight is 279 g/mol. The van der Waals surface area contributed by atoms with Crippen molar-refractivity contribution < 1.29 is 9.90 Å². The van der Waals surface area contributed by atoms with E-state index < -0.39 is 0 Å². The van der Waals surface area contributed by atoms with Crippen LogP contribution in [0.15, 0.2) is 58.7 Å². The zero-order valence-corrected chi connectivity index (χ0v) is 11.4. The van der Waals surface area contributed by atoms with Crippen molar-refractivity contribution in [1.29, 1.82) is 0 Å². The largest absolute Gasteiger partial charge is 0.507 e. The standard InChI is InChI=1S/C16H13N3O2/c1-19-13-8-4-3-7-12(13)15(16(19)21)18-17-10-11-6-2-5-9-14(11)20/h2-10,20H,1H3. The summed E-state index contributed by atoms with van der Waals surface area (Å²) in [6.45, 7) is 0. The van der Waals surface area contributed by atoms with Crippen LogP contribution in [0.4, 0.5) is 5.69 Å². The van der Waals surface area contributed by atoms with E-state index in [1.165, 1.54) is 6.21 Å². The minimum Gasteiger partial charge on any atom is -0.507 e. The van der Waals surface area contributed by atoms with Gasteiger partial charge in [0.1, 0.15) is 5.75 Å². The summed E-state index contributed by atoms with van der Waals surface area (Å²) in [5, 5.41) is 17.6. The number of nitrogens with zero attached hydrogens (tertiary/aromatic N) is 3. The molecule has 1 aliphatic heterocycles. The van der Waals surface area contributed by atoms with E-state index in [1.807, 2.05) is 24.3 Å². The van der Waals surface area contributed by atoms with Gasteiger partial charge in [-0.15, -0.1) is 5.10 Å². The molecule has 0 atom stereocenters. The number of anilines is 1. The summed E-state index contributed by atoms with van der Waals surface area (Å²) in [4.78, 5) is 13.7. The lowest BCUT2D eigenvalue weighted by molar-refractivity contribution is -0.111. The van der Waals surface area contributed by atoms with Gasteiger partial charge in [-0.1, -0.05) is 30.3 Å². The summed E-state index contributed by atoms with van der Waals surface area (Å²) in [6.07, 6.45) is 1.43. The number of rotatable bonds is 2. The maximum atomic E-state index is 12.1.